The Balaban J connectivity index is 2.72. The van der Waals surface area contributed by atoms with Crippen LogP contribution in [0, 0.1) is 0 Å². The van der Waals surface area contributed by atoms with Gasteiger partial charge >= 0.3 is 0 Å². The van der Waals surface area contributed by atoms with E-state index in [0.29, 0.717) is 6.54 Å². The Morgan fingerprint density at radius 3 is 2.92 bits per heavy atom. The molecule has 13 heavy (non-hydrogen) atoms. The monoisotopic (exact) mass is 182 g/mol. The summed E-state index contributed by atoms with van der Waals surface area (Å²) in [4.78, 5) is 13.5. The highest BCUT2D eigenvalue weighted by Crippen LogP contribution is 2.14. The molecular formula is C10H18N2O. The van der Waals surface area contributed by atoms with Crippen molar-refractivity contribution < 1.29 is 4.79 Å². The Labute approximate surface area is 79.8 Å². The third kappa shape index (κ3) is 2.31. The molecule has 0 aliphatic carbocycles. The maximum Gasteiger partial charge on any atom is 0.239 e. The highest BCUT2D eigenvalue weighted by atomic mass is 16.2. The molecule has 3 nitrogen and oxygen atoms in total. The number of piperazine rings is 1. The summed E-state index contributed by atoms with van der Waals surface area (Å²) in [6, 6.07) is -0.0799. The lowest BCUT2D eigenvalue weighted by atomic mass is 9.99. The van der Waals surface area contributed by atoms with Crippen LogP contribution < -0.4 is 5.32 Å². The van der Waals surface area contributed by atoms with Crippen LogP contribution in [0.2, 0.25) is 0 Å². The van der Waals surface area contributed by atoms with Gasteiger partial charge in [-0.15, -0.1) is 6.58 Å². The van der Waals surface area contributed by atoms with Crippen molar-refractivity contribution in [3.8, 4) is 0 Å². The average Bonchev–Trinajstić information content (AvgIpc) is 1.99. The van der Waals surface area contributed by atoms with E-state index < -0.39 is 0 Å². The largest absolute Gasteiger partial charge is 0.336 e. The van der Waals surface area contributed by atoms with Gasteiger partial charge in [-0.1, -0.05) is 6.08 Å². The van der Waals surface area contributed by atoms with E-state index in [0.717, 1.165) is 6.54 Å². The standard InChI is InChI=1S/C10H18N2O/c1-5-6-12-7-10(3,4)11-8(2)9(12)13/h5,8,11H,1,6-7H2,2-4H3. The first-order valence-electron chi connectivity index (χ1n) is 4.63. The molecular weight excluding hydrogens is 164 g/mol. The van der Waals surface area contributed by atoms with E-state index in [9.17, 15) is 4.79 Å². The normalized spacial score (nSPS) is 27.5. The van der Waals surface area contributed by atoms with E-state index in [1.54, 1.807) is 6.08 Å². The van der Waals surface area contributed by atoms with Crippen molar-refractivity contribution in [1.82, 2.24) is 10.2 Å². The molecule has 1 N–H and O–H groups in total. The summed E-state index contributed by atoms with van der Waals surface area (Å²) in [6.07, 6.45) is 1.77. The molecule has 0 radical (unpaired) electrons. The highest BCUT2D eigenvalue weighted by molar-refractivity contribution is 5.82. The van der Waals surface area contributed by atoms with Gasteiger partial charge in [0, 0.05) is 18.6 Å². The average molecular weight is 182 g/mol. The van der Waals surface area contributed by atoms with Crippen LogP contribution in [0.3, 0.4) is 0 Å². The Morgan fingerprint density at radius 1 is 1.77 bits per heavy atom. The zero-order valence-corrected chi connectivity index (χ0v) is 8.63. The smallest absolute Gasteiger partial charge is 0.239 e. The molecule has 0 aromatic heterocycles. The molecule has 0 spiro atoms. The van der Waals surface area contributed by atoms with Crippen LogP contribution in [0.1, 0.15) is 20.8 Å². The Hall–Kier alpha value is -0.830. The van der Waals surface area contributed by atoms with Crippen molar-refractivity contribution >= 4 is 5.91 Å². The number of hydrogen-bond donors (Lipinski definition) is 1. The van der Waals surface area contributed by atoms with Gasteiger partial charge in [-0.25, -0.2) is 0 Å². The summed E-state index contributed by atoms with van der Waals surface area (Å²) in [5, 5.41) is 3.27. The van der Waals surface area contributed by atoms with Crippen molar-refractivity contribution in [2.75, 3.05) is 13.1 Å². The van der Waals surface area contributed by atoms with Gasteiger partial charge in [0.05, 0.1) is 6.04 Å². The molecule has 1 unspecified atom stereocenters. The molecule has 1 amide bonds. The minimum absolute atomic E-state index is 0.0103. The Morgan fingerprint density at radius 2 is 2.38 bits per heavy atom. The Bertz CT molecular complexity index is 223. The lowest BCUT2D eigenvalue weighted by Crippen LogP contribution is -2.63. The van der Waals surface area contributed by atoms with Gasteiger partial charge in [-0.3, -0.25) is 10.1 Å². The summed E-state index contributed by atoms with van der Waals surface area (Å²) in [5.74, 6) is 0.166. The van der Waals surface area contributed by atoms with Crippen LogP contribution in [0.25, 0.3) is 0 Å². The molecule has 1 fully saturated rings. The van der Waals surface area contributed by atoms with Gasteiger partial charge in [-0.05, 0) is 20.8 Å². The number of carbonyl (C=O) groups excluding carboxylic acids is 1. The van der Waals surface area contributed by atoms with Crippen molar-refractivity contribution in [3.05, 3.63) is 12.7 Å². The molecule has 0 bridgehead atoms. The molecule has 74 valence electrons. The first-order valence-corrected chi connectivity index (χ1v) is 4.63. The predicted molar refractivity (Wildman–Crippen MR) is 53.5 cm³/mol. The van der Waals surface area contributed by atoms with Crippen molar-refractivity contribution in [1.29, 1.82) is 0 Å². The van der Waals surface area contributed by atoms with Crippen molar-refractivity contribution in [2.24, 2.45) is 0 Å². The first kappa shape index (κ1) is 10.3. The third-order valence-electron chi connectivity index (χ3n) is 2.22. The fourth-order valence-electron chi connectivity index (χ4n) is 1.83. The summed E-state index contributed by atoms with van der Waals surface area (Å²) < 4.78 is 0. The van der Waals surface area contributed by atoms with Gasteiger partial charge in [0.2, 0.25) is 5.91 Å². The summed E-state index contributed by atoms with van der Waals surface area (Å²) >= 11 is 0. The number of carbonyl (C=O) groups is 1. The second-order valence-electron chi connectivity index (χ2n) is 4.26. The Kier molecular flexibility index (Phi) is 2.76. The minimum Gasteiger partial charge on any atom is -0.336 e. The maximum absolute atomic E-state index is 11.6. The van der Waals surface area contributed by atoms with Crippen LogP contribution in [0.15, 0.2) is 12.7 Å². The van der Waals surface area contributed by atoms with Gasteiger partial charge in [-0.2, -0.15) is 0 Å². The molecule has 0 saturated carbocycles. The van der Waals surface area contributed by atoms with Crippen LogP contribution in [-0.4, -0.2) is 35.5 Å². The third-order valence-corrected chi connectivity index (χ3v) is 2.22. The molecule has 1 atom stereocenters. The number of hydrogen-bond acceptors (Lipinski definition) is 2. The van der Waals surface area contributed by atoms with Crippen LogP contribution in [0.5, 0.6) is 0 Å². The molecule has 0 aromatic carbocycles. The van der Waals surface area contributed by atoms with Crippen LogP contribution in [-0.2, 0) is 4.79 Å². The quantitative estimate of drug-likeness (QED) is 0.640. The number of nitrogens with zero attached hydrogens (tertiary/aromatic N) is 1. The summed E-state index contributed by atoms with van der Waals surface area (Å²) in [5.41, 5.74) is 0.0103. The second kappa shape index (κ2) is 3.50. The molecule has 1 heterocycles. The minimum atomic E-state index is -0.0799. The number of rotatable bonds is 2. The lowest BCUT2D eigenvalue weighted by molar-refractivity contribution is -0.137. The number of nitrogens with one attached hydrogen (secondary N) is 1. The highest BCUT2D eigenvalue weighted by Gasteiger charge is 2.34. The van der Waals surface area contributed by atoms with E-state index in [4.69, 9.17) is 0 Å². The van der Waals surface area contributed by atoms with E-state index >= 15 is 0 Å². The molecule has 1 rings (SSSR count). The van der Waals surface area contributed by atoms with Gasteiger partial charge in [0.15, 0.2) is 0 Å². The van der Waals surface area contributed by atoms with Crippen LogP contribution >= 0.6 is 0 Å². The van der Waals surface area contributed by atoms with E-state index in [2.05, 4.69) is 25.7 Å². The first-order chi connectivity index (χ1) is 5.96. The predicted octanol–water partition coefficient (Wildman–Crippen LogP) is 0.771. The van der Waals surface area contributed by atoms with Gasteiger partial charge in [0.25, 0.3) is 0 Å². The summed E-state index contributed by atoms with van der Waals surface area (Å²) in [7, 11) is 0. The molecule has 3 heteroatoms. The van der Waals surface area contributed by atoms with E-state index in [-0.39, 0.29) is 17.5 Å². The SMILES string of the molecule is C=CCN1CC(C)(C)NC(C)C1=O. The molecule has 1 saturated heterocycles. The maximum atomic E-state index is 11.6. The zero-order valence-electron chi connectivity index (χ0n) is 8.63. The van der Waals surface area contributed by atoms with E-state index in [1.165, 1.54) is 0 Å². The second-order valence-corrected chi connectivity index (χ2v) is 4.26. The number of amides is 1. The van der Waals surface area contributed by atoms with Crippen molar-refractivity contribution in [3.63, 3.8) is 0 Å². The van der Waals surface area contributed by atoms with Crippen LogP contribution in [0.4, 0.5) is 0 Å². The van der Waals surface area contributed by atoms with Gasteiger partial charge in [0.1, 0.15) is 0 Å². The molecule has 1 aliphatic rings. The molecule has 0 aromatic rings. The molecule has 1 aliphatic heterocycles. The van der Waals surface area contributed by atoms with Gasteiger partial charge < -0.3 is 4.90 Å². The summed E-state index contributed by atoms with van der Waals surface area (Å²) in [6.45, 7) is 11.2. The van der Waals surface area contributed by atoms with E-state index in [1.807, 2.05) is 11.8 Å². The topological polar surface area (TPSA) is 32.3 Å². The van der Waals surface area contributed by atoms with Crippen molar-refractivity contribution in [2.45, 2.75) is 32.4 Å². The lowest BCUT2D eigenvalue weighted by Gasteiger charge is -2.41. The fraction of sp³-hybridized carbons (Fsp3) is 0.700. The fourth-order valence-corrected chi connectivity index (χ4v) is 1.83. The zero-order chi connectivity index (χ0) is 10.1.